The zero-order valence-electron chi connectivity index (χ0n) is 12.9. The monoisotopic (exact) mass is 360 g/mol. The number of sulfone groups is 1. The summed E-state index contributed by atoms with van der Waals surface area (Å²) >= 11 is 0. The highest BCUT2D eigenvalue weighted by Crippen LogP contribution is 2.36. The summed E-state index contributed by atoms with van der Waals surface area (Å²) in [5, 5.41) is 18.9. The minimum Gasteiger partial charge on any atom is -0.450 e. The van der Waals surface area contributed by atoms with Crippen molar-refractivity contribution >= 4 is 15.5 Å². The van der Waals surface area contributed by atoms with Crippen LogP contribution in [0.5, 0.6) is 11.5 Å². The second-order valence-corrected chi connectivity index (χ2v) is 7.06. The molecular formula is C15H12N4O5S. The van der Waals surface area contributed by atoms with E-state index in [0.29, 0.717) is 11.4 Å². The summed E-state index contributed by atoms with van der Waals surface area (Å²) < 4.78 is 30.7. The van der Waals surface area contributed by atoms with E-state index in [1.807, 2.05) is 0 Å². The van der Waals surface area contributed by atoms with Crippen LogP contribution < -0.4 is 4.74 Å². The molecule has 9 nitrogen and oxygen atoms in total. The third-order valence-electron chi connectivity index (χ3n) is 3.28. The average molecular weight is 360 g/mol. The van der Waals surface area contributed by atoms with E-state index in [2.05, 4.69) is 10.3 Å². The largest absolute Gasteiger partial charge is 0.450 e. The Balaban J connectivity index is 2.04. The van der Waals surface area contributed by atoms with Gasteiger partial charge in [-0.1, -0.05) is 17.3 Å². The lowest BCUT2D eigenvalue weighted by Gasteiger charge is -2.09. The van der Waals surface area contributed by atoms with Gasteiger partial charge in [-0.15, -0.1) is 5.10 Å². The molecule has 0 aliphatic carbocycles. The molecule has 0 unspecified atom stereocenters. The van der Waals surface area contributed by atoms with Crippen molar-refractivity contribution in [2.75, 3.05) is 6.26 Å². The van der Waals surface area contributed by atoms with Gasteiger partial charge in [0.25, 0.3) is 0 Å². The first-order valence-electron chi connectivity index (χ1n) is 6.98. The van der Waals surface area contributed by atoms with Crippen LogP contribution in [0.15, 0.2) is 59.8 Å². The number of para-hydroxylation sites is 1. The van der Waals surface area contributed by atoms with Gasteiger partial charge in [-0.05, 0) is 24.3 Å². The Kier molecular flexibility index (Phi) is 4.19. The number of nitro benzene ring substituents is 1. The van der Waals surface area contributed by atoms with Gasteiger partial charge in [-0.2, -0.15) is 0 Å². The summed E-state index contributed by atoms with van der Waals surface area (Å²) in [5.74, 6) is 0.130. The molecule has 0 amide bonds. The number of hydrogen-bond acceptors (Lipinski definition) is 7. The van der Waals surface area contributed by atoms with Crippen molar-refractivity contribution in [1.29, 1.82) is 0 Å². The second-order valence-electron chi connectivity index (χ2n) is 5.08. The molecule has 0 bridgehead atoms. The van der Waals surface area contributed by atoms with Crippen molar-refractivity contribution in [3.63, 3.8) is 0 Å². The van der Waals surface area contributed by atoms with Crippen molar-refractivity contribution < 1.29 is 18.1 Å². The molecule has 0 saturated heterocycles. The lowest BCUT2D eigenvalue weighted by molar-refractivity contribution is -0.388. The highest BCUT2D eigenvalue weighted by Gasteiger charge is 2.27. The molecule has 10 heteroatoms. The Morgan fingerprint density at radius 3 is 2.60 bits per heavy atom. The lowest BCUT2D eigenvalue weighted by Crippen LogP contribution is -2.04. The van der Waals surface area contributed by atoms with Gasteiger partial charge in [0.1, 0.15) is 10.6 Å². The van der Waals surface area contributed by atoms with Gasteiger partial charge in [0.2, 0.25) is 5.75 Å². The van der Waals surface area contributed by atoms with Crippen LogP contribution >= 0.6 is 0 Å². The molecule has 1 heterocycles. The summed E-state index contributed by atoms with van der Waals surface area (Å²) in [4.78, 5) is 10.2. The fraction of sp³-hybridized carbons (Fsp3) is 0.0667. The standard InChI is InChI=1S/C15H12N4O5S/c1-25(22,23)14-7-3-6-13(15(14)19(20)21)24-12-5-2-4-11(10-12)18-9-8-16-17-18/h2-10H,1H3. The maximum absolute atomic E-state index is 11.8. The van der Waals surface area contributed by atoms with E-state index in [0.717, 1.165) is 6.26 Å². The molecule has 0 spiro atoms. The summed E-state index contributed by atoms with van der Waals surface area (Å²) in [6.07, 6.45) is 4.05. The normalized spacial score (nSPS) is 11.2. The summed E-state index contributed by atoms with van der Waals surface area (Å²) in [6, 6.07) is 10.5. The van der Waals surface area contributed by atoms with Crippen molar-refractivity contribution in [3.05, 3.63) is 65.0 Å². The Bertz CT molecular complexity index is 1030. The van der Waals surface area contributed by atoms with Crippen LogP contribution in [0.4, 0.5) is 5.69 Å². The van der Waals surface area contributed by atoms with Crippen LogP contribution in [0.1, 0.15) is 0 Å². The summed E-state index contributed by atoms with van der Waals surface area (Å²) in [7, 11) is -3.78. The molecular weight excluding hydrogens is 348 g/mol. The molecule has 0 atom stereocenters. The first-order chi connectivity index (χ1) is 11.9. The molecule has 0 aliphatic heterocycles. The van der Waals surface area contributed by atoms with Crippen molar-refractivity contribution in [3.8, 4) is 17.2 Å². The zero-order valence-corrected chi connectivity index (χ0v) is 13.8. The van der Waals surface area contributed by atoms with Crippen LogP contribution in [-0.4, -0.2) is 34.6 Å². The average Bonchev–Trinajstić information content (AvgIpc) is 3.08. The molecule has 1 aromatic heterocycles. The number of nitrogens with zero attached hydrogens (tertiary/aromatic N) is 4. The van der Waals surface area contributed by atoms with Crippen LogP contribution in [0, 0.1) is 10.1 Å². The van der Waals surface area contributed by atoms with E-state index < -0.39 is 25.3 Å². The lowest BCUT2D eigenvalue weighted by atomic mass is 10.2. The summed E-state index contributed by atoms with van der Waals surface area (Å²) in [5.41, 5.74) is 0.0353. The zero-order chi connectivity index (χ0) is 18.0. The predicted octanol–water partition coefficient (Wildman–Crippen LogP) is 2.37. The third-order valence-corrected chi connectivity index (χ3v) is 4.40. The Morgan fingerprint density at radius 2 is 1.96 bits per heavy atom. The highest BCUT2D eigenvalue weighted by atomic mass is 32.2. The second kappa shape index (κ2) is 6.32. The number of aromatic nitrogens is 3. The molecule has 0 saturated carbocycles. The molecule has 25 heavy (non-hydrogen) atoms. The first kappa shape index (κ1) is 16.6. The molecule has 0 aliphatic rings. The molecule has 128 valence electrons. The van der Waals surface area contributed by atoms with Gasteiger partial charge in [-0.25, -0.2) is 13.1 Å². The smallest absolute Gasteiger partial charge is 0.330 e. The van der Waals surface area contributed by atoms with E-state index >= 15 is 0 Å². The van der Waals surface area contributed by atoms with Crippen LogP contribution in [0.2, 0.25) is 0 Å². The number of ether oxygens (including phenoxy) is 1. The molecule has 2 aromatic carbocycles. The first-order valence-corrected chi connectivity index (χ1v) is 8.87. The number of hydrogen-bond donors (Lipinski definition) is 0. The molecule has 0 N–H and O–H groups in total. The molecule has 3 aromatic rings. The third kappa shape index (κ3) is 3.48. The van der Waals surface area contributed by atoms with E-state index in [-0.39, 0.29) is 5.75 Å². The fourth-order valence-corrected chi connectivity index (χ4v) is 3.08. The van der Waals surface area contributed by atoms with Crippen molar-refractivity contribution in [2.24, 2.45) is 0 Å². The Morgan fingerprint density at radius 1 is 1.20 bits per heavy atom. The molecule has 0 fully saturated rings. The minimum absolute atomic E-state index is 0.163. The van der Waals surface area contributed by atoms with Crippen molar-refractivity contribution in [1.82, 2.24) is 15.0 Å². The van der Waals surface area contributed by atoms with Crippen molar-refractivity contribution in [2.45, 2.75) is 4.90 Å². The number of benzene rings is 2. The van der Waals surface area contributed by atoms with E-state index in [9.17, 15) is 18.5 Å². The quantitative estimate of drug-likeness (QED) is 0.506. The van der Waals surface area contributed by atoms with Gasteiger partial charge in [0, 0.05) is 12.3 Å². The highest BCUT2D eigenvalue weighted by molar-refractivity contribution is 7.90. The van der Waals surface area contributed by atoms with Crippen LogP contribution in [0.25, 0.3) is 5.69 Å². The Hall–Kier alpha value is -3.27. The van der Waals surface area contributed by atoms with Gasteiger partial charge in [0.15, 0.2) is 9.84 Å². The Labute approximate surface area is 142 Å². The van der Waals surface area contributed by atoms with Crippen LogP contribution in [-0.2, 0) is 9.84 Å². The maximum Gasteiger partial charge on any atom is 0.330 e. The van der Waals surface area contributed by atoms with E-state index in [1.165, 1.54) is 29.1 Å². The van der Waals surface area contributed by atoms with Gasteiger partial charge in [0.05, 0.1) is 23.0 Å². The van der Waals surface area contributed by atoms with E-state index in [1.54, 1.807) is 30.5 Å². The SMILES string of the molecule is CS(=O)(=O)c1cccc(Oc2cccc(-n3ccnn3)c2)c1[N+](=O)[O-]. The fourth-order valence-electron chi connectivity index (χ4n) is 2.23. The maximum atomic E-state index is 11.8. The van der Waals surface area contributed by atoms with E-state index in [4.69, 9.17) is 4.74 Å². The van der Waals surface area contributed by atoms with Gasteiger partial charge < -0.3 is 4.74 Å². The van der Waals surface area contributed by atoms with Gasteiger partial charge in [-0.3, -0.25) is 10.1 Å². The molecule has 3 rings (SSSR count). The molecule has 0 radical (unpaired) electrons. The topological polar surface area (TPSA) is 117 Å². The van der Waals surface area contributed by atoms with Gasteiger partial charge >= 0.3 is 5.69 Å². The van der Waals surface area contributed by atoms with Crippen LogP contribution in [0.3, 0.4) is 0 Å². The number of nitro groups is 1. The minimum atomic E-state index is -3.78. The summed E-state index contributed by atoms with van der Waals surface area (Å²) in [6.45, 7) is 0. The predicted molar refractivity (Wildman–Crippen MR) is 87.6 cm³/mol. The number of rotatable bonds is 5.